The minimum absolute atomic E-state index is 0.266. The Morgan fingerprint density at radius 1 is 0.893 bits per heavy atom. The van der Waals surface area contributed by atoms with Crippen LogP contribution in [0.3, 0.4) is 0 Å². The van der Waals surface area contributed by atoms with Crippen LogP contribution >= 0.6 is 0 Å². The van der Waals surface area contributed by atoms with Crippen LogP contribution < -0.4 is 14.8 Å². The molecule has 0 spiro atoms. The number of nitrogens with one attached hydrogen (secondary N) is 1. The van der Waals surface area contributed by atoms with Gasteiger partial charge in [-0.2, -0.15) is 0 Å². The van der Waals surface area contributed by atoms with Gasteiger partial charge in [-0.15, -0.1) is 0 Å². The lowest BCUT2D eigenvalue weighted by Gasteiger charge is -2.15. The molecule has 1 heterocycles. The van der Waals surface area contributed by atoms with E-state index in [1.807, 2.05) is 42.5 Å². The number of furan rings is 1. The highest BCUT2D eigenvalue weighted by Gasteiger charge is 2.08. The van der Waals surface area contributed by atoms with Crippen LogP contribution in [0.15, 0.2) is 71.1 Å². The average Bonchev–Trinajstić information content (AvgIpc) is 3.11. The van der Waals surface area contributed by atoms with Crippen molar-refractivity contribution in [3.05, 3.63) is 72.3 Å². The molecule has 3 aromatic carbocycles. The van der Waals surface area contributed by atoms with Gasteiger partial charge in [0.15, 0.2) is 0 Å². The topological polar surface area (TPSA) is 43.6 Å². The molecule has 0 unspecified atom stereocenters. The van der Waals surface area contributed by atoms with Crippen molar-refractivity contribution in [1.82, 2.24) is 5.32 Å². The van der Waals surface area contributed by atoms with E-state index < -0.39 is 0 Å². The number of hydrogen-bond acceptors (Lipinski definition) is 4. The maximum atomic E-state index is 5.92. The second-order valence-electron chi connectivity index (χ2n) is 6.91. The van der Waals surface area contributed by atoms with Gasteiger partial charge in [0.05, 0.1) is 13.7 Å². The number of ether oxygens (including phenoxy) is 2. The van der Waals surface area contributed by atoms with Crippen molar-refractivity contribution in [1.29, 1.82) is 0 Å². The van der Waals surface area contributed by atoms with Crippen LogP contribution in [0, 0.1) is 0 Å². The predicted molar refractivity (Wildman–Crippen MR) is 113 cm³/mol. The quantitative estimate of drug-likeness (QED) is 0.400. The summed E-state index contributed by atoms with van der Waals surface area (Å²) in [5, 5.41) is 5.79. The van der Waals surface area contributed by atoms with Gasteiger partial charge in [0.25, 0.3) is 0 Å². The first-order valence-corrected chi connectivity index (χ1v) is 9.66. The first-order chi connectivity index (χ1) is 13.7. The molecular weight excluding hydrogens is 350 g/mol. The molecule has 4 heteroatoms. The van der Waals surface area contributed by atoms with Crippen LogP contribution in [0.2, 0.25) is 0 Å². The van der Waals surface area contributed by atoms with E-state index in [-0.39, 0.29) is 6.04 Å². The molecule has 28 heavy (non-hydrogen) atoms. The lowest BCUT2D eigenvalue weighted by Crippen LogP contribution is -2.21. The van der Waals surface area contributed by atoms with Crippen LogP contribution in [0.25, 0.3) is 21.9 Å². The fraction of sp³-hybridized carbons (Fsp3) is 0.250. The lowest BCUT2D eigenvalue weighted by molar-refractivity contribution is 0.305. The molecule has 4 aromatic rings. The number of para-hydroxylation sites is 1. The van der Waals surface area contributed by atoms with E-state index >= 15 is 0 Å². The summed E-state index contributed by atoms with van der Waals surface area (Å²) in [4.78, 5) is 0. The third-order valence-electron chi connectivity index (χ3n) is 4.98. The second kappa shape index (κ2) is 8.36. The van der Waals surface area contributed by atoms with Crippen molar-refractivity contribution in [3.8, 4) is 11.5 Å². The predicted octanol–water partition coefficient (Wildman–Crippen LogP) is 5.71. The van der Waals surface area contributed by atoms with Crippen LogP contribution in [-0.2, 0) is 0 Å². The van der Waals surface area contributed by atoms with E-state index in [2.05, 4.69) is 36.5 Å². The Hall–Kier alpha value is -2.98. The smallest absolute Gasteiger partial charge is 0.139 e. The molecule has 0 bridgehead atoms. The molecule has 0 aliphatic carbocycles. The van der Waals surface area contributed by atoms with Crippen LogP contribution in [0.5, 0.6) is 11.5 Å². The molecule has 0 aliphatic rings. The van der Waals surface area contributed by atoms with E-state index in [1.165, 1.54) is 5.56 Å². The molecule has 0 aliphatic heterocycles. The van der Waals surface area contributed by atoms with Crippen LogP contribution in [-0.4, -0.2) is 20.3 Å². The van der Waals surface area contributed by atoms with E-state index in [9.17, 15) is 0 Å². The monoisotopic (exact) mass is 375 g/mol. The molecular formula is C24H25NO3. The van der Waals surface area contributed by atoms with E-state index in [0.717, 1.165) is 46.4 Å². The number of rotatable bonds is 8. The maximum absolute atomic E-state index is 5.92. The van der Waals surface area contributed by atoms with Gasteiger partial charge in [-0.25, -0.2) is 0 Å². The van der Waals surface area contributed by atoms with E-state index in [4.69, 9.17) is 13.9 Å². The molecule has 0 amide bonds. The van der Waals surface area contributed by atoms with E-state index in [0.29, 0.717) is 6.61 Å². The van der Waals surface area contributed by atoms with Crippen LogP contribution in [0.1, 0.15) is 24.9 Å². The molecule has 0 saturated carbocycles. The fourth-order valence-corrected chi connectivity index (χ4v) is 3.41. The van der Waals surface area contributed by atoms with Crippen molar-refractivity contribution < 1.29 is 13.9 Å². The number of hydrogen-bond donors (Lipinski definition) is 1. The Morgan fingerprint density at radius 3 is 2.64 bits per heavy atom. The zero-order valence-corrected chi connectivity index (χ0v) is 16.3. The van der Waals surface area contributed by atoms with Gasteiger partial charge >= 0.3 is 0 Å². The van der Waals surface area contributed by atoms with Gasteiger partial charge in [0, 0.05) is 22.9 Å². The molecule has 0 fully saturated rings. The minimum Gasteiger partial charge on any atom is -0.497 e. The van der Waals surface area contributed by atoms with Crippen molar-refractivity contribution in [2.45, 2.75) is 19.4 Å². The normalized spacial score (nSPS) is 12.4. The van der Waals surface area contributed by atoms with Crippen molar-refractivity contribution in [2.24, 2.45) is 0 Å². The van der Waals surface area contributed by atoms with Gasteiger partial charge in [-0.05, 0) is 55.8 Å². The molecule has 1 N–H and O–H groups in total. The van der Waals surface area contributed by atoms with Gasteiger partial charge in [-0.3, -0.25) is 0 Å². The first-order valence-electron chi connectivity index (χ1n) is 9.66. The third-order valence-corrected chi connectivity index (χ3v) is 4.98. The van der Waals surface area contributed by atoms with Crippen molar-refractivity contribution >= 4 is 21.9 Å². The van der Waals surface area contributed by atoms with E-state index in [1.54, 1.807) is 7.11 Å². The average molecular weight is 375 g/mol. The Bertz CT molecular complexity index is 1070. The lowest BCUT2D eigenvalue weighted by atomic mass is 10.1. The molecule has 4 rings (SSSR count). The van der Waals surface area contributed by atoms with Crippen molar-refractivity contribution in [2.75, 3.05) is 20.3 Å². The zero-order valence-electron chi connectivity index (χ0n) is 16.3. The summed E-state index contributed by atoms with van der Waals surface area (Å²) in [7, 11) is 1.69. The SMILES string of the molecule is COc1cccc([C@@H](C)NCCCOc2ccc3c(c2)oc2ccccc23)c1. The zero-order chi connectivity index (χ0) is 19.3. The Morgan fingerprint density at radius 2 is 1.75 bits per heavy atom. The second-order valence-corrected chi connectivity index (χ2v) is 6.91. The molecule has 4 nitrogen and oxygen atoms in total. The summed E-state index contributed by atoms with van der Waals surface area (Å²) in [6.45, 7) is 3.69. The van der Waals surface area contributed by atoms with Crippen LogP contribution in [0.4, 0.5) is 0 Å². The van der Waals surface area contributed by atoms with Gasteiger partial charge < -0.3 is 19.2 Å². The fourth-order valence-electron chi connectivity index (χ4n) is 3.41. The third kappa shape index (κ3) is 3.97. The minimum atomic E-state index is 0.266. The van der Waals surface area contributed by atoms with Gasteiger partial charge in [0.1, 0.15) is 22.7 Å². The summed E-state index contributed by atoms with van der Waals surface area (Å²) in [6.07, 6.45) is 0.923. The summed E-state index contributed by atoms with van der Waals surface area (Å²) >= 11 is 0. The molecule has 144 valence electrons. The van der Waals surface area contributed by atoms with Crippen molar-refractivity contribution in [3.63, 3.8) is 0 Å². The Labute approximate surface area is 165 Å². The molecule has 1 aromatic heterocycles. The highest BCUT2D eigenvalue weighted by molar-refractivity contribution is 6.05. The Balaban J connectivity index is 1.28. The first kappa shape index (κ1) is 18.4. The van der Waals surface area contributed by atoms with Gasteiger partial charge in [-0.1, -0.05) is 30.3 Å². The highest BCUT2D eigenvalue weighted by Crippen LogP contribution is 2.31. The number of benzene rings is 3. The largest absolute Gasteiger partial charge is 0.497 e. The number of fused-ring (bicyclic) bond motifs is 3. The summed E-state index contributed by atoms with van der Waals surface area (Å²) in [6, 6.07) is 22.6. The summed E-state index contributed by atoms with van der Waals surface area (Å²) in [5.41, 5.74) is 2.99. The number of methoxy groups -OCH3 is 1. The summed E-state index contributed by atoms with van der Waals surface area (Å²) < 4.78 is 17.1. The standard InChI is InChI=1S/C24H25NO3/c1-17(18-7-5-8-19(15-18)26-2)25-13-6-14-27-20-11-12-22-21-9-3-4-10-23(21)28-24(22)16-20/h3-5,7-12,15-17,25H,6,13-14H2,1-2H3/t17-/m1/s1. The molecule has 0 radical (unpaired) electrons. The Kier molecular flexibility index (Phi) is 5.49. The maximum Gasteiger partial charge on any atom is 0.139 e. The molecule has 0 saturated heterocycles. The van der Waals surface area contributed by atoms with Gasteiger partial charge in [0.2, 0.25) is 0 Å². The summed E-state index contributed by atoms with van der Waals surface area (Å²) in [5.74, 6) is 1.72. The highest BCUT2D eigenvalue weighted by atomic mass is 16.5. The molecule has 1 atom stereocenters.